The fourth-order valence-corrected chi connectivity index (χ4v) is 2.43. The summed E-state index contributed by atoms with van der Waals surface area (Å²) >= 11 is 0. The number of hydrogen-bond acceptors (Lipinski definition) is 3. The molecule has 0 aliphatic heterocycles. The van der Waals surface area contributed by atoms with Crippen LogP contribution in [0, 0.1) is 6.92 Å². The SMILES string of the molecule is Cc1ccc2oc(C(=O)Nc3ccccc3C(C)O)cc2c1. The third-order valence-corrected chi connectivity index (χ3v) is 3.55. The number of carbonyl (C=O) groups is 1. The van der Waals surface area contributed by atoms with E-state index in [-0.39, 0.29) is 11.7 Å². The summed E-state index contributed by atoms with van der Waals surface area (Å²) in [6.07, 6.45) is -0.658. The largest absolute Gasteiger partial charge is 0.451 e. The lowest BCUT2D eigenvalue weighted by molar-refractivity contribution is 0.0998. The van der Waals surface area contributed by atoms with Crippen LogP contribution in [0.3, 0.4) is 0 Å². The van der Waals surface area contributed by atoms with E-state index in [1.54, 1.807) is 25.1 Å². The van der Waals surface area contributed by atoms with Gasteiger partial charge >= 0.3 is 0 Å². The lowest BCUT2D eigenvalue weighted by Crippen LogP contribution is -2.13. The highest BCUT2D eigenvalue weighted by atomic mass is 16.3. The maximum absolute atomic E-state index is 12.4. The Kier molecular flexibility index (Phi) is 3.69. The summed E-state index contributed by atoms with van der Waals surface area (Å²) in [5, 5.41) is 13.4. The lowest BCUT2D eigenvalue weighted by atomic mass is 10.1. The first-order chi connectivity index (χ1) is 10.5. The van der Waals surface area contributed by atoms with Crippen LogP contribution in [0.5, 0.6) is 0 Å². The van der Waals surface area contributed by atoms with Crippen LogP contribution in [-0.4, -0.2) is 11.0 Å². The number of amides is 1. The van der Waals surface area contributed by atoms with Gasteiger partial charge in [-0.2, -0.15) is 0 Å². The quantitative estimate of drug-likeness (QED) is 0.766. The minimum Gasteiger partial charge on any atom is -0.451 e. The zero-order chi connectivity index (χ0) is 15.7. The van der Waals surface area contributed by atoms with Gasteiger partial charge in [0, 0.05) is 16.6 Å². The van der Waals surface area contributed by atoms with E-state index in [4.69, 9.17) is 4.42 Å². The Morgan fingerprint density at radius 3 is 2.73 bits per heavy atom. The predicted octanol–water partition coefficient (Wildman–Crippen LogP) is 4.05. The van der Waals surface area contributed by atoms with Gasteiger partial charge in [-0.15, -0.1) is 0 Å². The topological polar surface area (TPSA) is 62.5 Å². The standard InChI is InChI=1S/C18H17NO3/c1-11-7-8-16-13(9-11)10-17(22-16)18(21)19-15-6-4-3-5-14(15)12(2)20/h3-10,12,20H,1-2H3,(H,19,21). The van der Waals surface area contributed by atoms with E-state index in [0.29, 0.717) is 16.8 Å². The van der Waals surface area contributed by atoms with Crippen molar-refractivity contribution in [3.05, 3.63) is 65.4 Å². The van der Waals surface area contributed by atoms with E-state index in [1.165, 1.54) is 0 Å². The average Bonchev–Trinajstić information content (AvgIpc) is 2.90. The summed E-state index contributed by atoms with van der Waals surface area (Å²) in [4.78, 5) is 12.4. The van der Waals surface area contributed by atoms with Crippen LogP contribution in [-0.2, 0) is 0 Å². The molecule has 0 saturated heterocycles. The van der Waals surface area contributed by atoms with Crippen LogP contribution < -0.4 is 5.32 Å². The van der Waals surface area contributed by atoms with Gasteiger partial charge in [0.05, 0.1) is 6.10 Å². The minimum absolute atomic E-state index is 0.251. The van der Waals surface area contributed by atoms with Gasteiger partial charge in [-0.3, -0.25) is 4.79 Å². The first-order valence-electron chi connectivity index (χ1n) is 7.13. The Morgan fingerprint density at radius 1 is 1.18 bits per heavy atom. The maximum Gasteiger partial charge on any atom is 0.291 e. The molecule has 4 nitrogen and oxygen atoms in total. The monoisotopic (exact) mass is 295 g/mol. The third kappa shape index (κ3) is 2.73. The summed E-state index contributed by atoms with van der Waals surface area (Å²) < 4.78 is 5.58. The molecule has 1 heterocycles. The molecule has 0 radical (unpaired) electrons. The molecule has 1 atom stereocenters. The molecule has 0 saturated carbocycles. The van der Waals surface area contributed by atoms with Crippen molar-refractivity contribution in [3.8, 4) is 0 Å². The molecule has 1 unspecified atom stereocenters. The van der Waals surface area contributed by atoms with Gasteiger partial charge in [-0.25, -0.2) is 0 Å². The van der Waals surface area contributed by atoms with Gasteiger partial charge in [0.25, 0.3) is 5.91 Å². The van der Waals surface area contributed by atoms with Crippen molar-refractivity contribution in [2.24, 2.45) is 0 Å². The Bertz CT molecular complexity index is 833. The van der Waals surface area contributed by atoms with Crippen molar-refractivity contribution < 1.29 is 14.3 Å². The van der Waals surface area contributed by atoms with E-state index in [9.17, 15) is 9.90 Å². The fraction of sp³-hybridized carbons (Fsp3) is 0.167. The highest BCUT2D eigenvalue weighted by molar-refractivity contribution is 6.05. The molecule has 112 valence electrons. The molecular formula is C18H17NO3. The van der Waals surface area contributed by atoms with Gasteiger partial charge < -0.3 is 14.8 Å². The Hall–Kier alpha value is -2.59. The van der Waals surface area contributed by atoms with Crippen molar-refractivity contribution in [2.75, 3.05) is 5.32 Å². The van der Waals surface area contributed by atoms with Crippen LogP contribution >= 0.6 is 0 Å². The zero-order valence-electron chi connectivity index (χ0n) is 12.5. The molecule has 0 bridgehead atoms. The second kappa shape index (κ2) is 5.66. The molecule has 2 N–H and O–H groups in total. The molecule has 0 aliphatic carbocycles. The van der Waals surface area contributed by atoms with E-state index < -0.39 is 6.10 Å². The number of nitrogens with one attached hydrogen (secondary N) is 1. The summed E-state index contributed by atoms with van der Waals surface area (Å²) in [7, 11) is 0. The second-order valence-corrected chi connectivity index (χ2v) is 5.37. The molecule has 2 aromatic carbocycles. The Balaban J connectivity index is 1.90. The number of aliphatic hydroxyl groups excluding tert-OH is 1. The number of benzene rings is 2. The van der Waals surface area contributed by atoms with Crippen molar-refractivity contribution in [1.82, 2.24) is 0 Å². The summed E-state index contributed by atoms with van der Waals surface area (Å²) in [6, 6.07) is 14.7. The molecule has 3 rings (SSSR count). The van der Waals surface area contributed by atoms with E-state index >= 15 is 0 Å². The van der Waals surface area contributed by atoms with Gasteiger partial charge in [-0.05, 0) is 38.1 Å². The number of rotatable bonds is 3. The molecule has 0 aliphatic rings. The average molecular weight is 295 g/mol. The highest BCUT2D eigenvalue weighted by Crippen LogP contribution is 2.25. The normalized spacial score (nSPS) is 12.3. The van der Waals surface area contributed by atoms with Gasteiger partial charge in [0.1, 0.15) is 5.58 Å². The molecule has 1 amide bonds. The number of anilines is 1. The van der Waals surface area contributed by atoms with Gasteiger partial charge in [-0.1, -0.05) is 29.8 Å². The smallest absolute Gasteiger partial charge is 0.291 e. The van der Waals surface area contributed by atoms with Gasteiger partial charge in [0.2, 0.25) is 0 Å². The molecule has 0 spiro atoms. The van der Waals surface area contributed by atoms with Crippen LogP contribution in [0.4, 0.5) is 5.69 Å². The number of aliphatic hydroxyl groups is 1. The first kappa shape index (κ1) is 14.4. The molecule has 22 heavy (non-hydrogen) atoms. The van der Waals surface area contributed by atoms with Crippen molar-refractivity contribution in [3.63, 3.8) is 0 Å². The van der Waals surface area contributed by atoms with Crippen LogP contribution in [0.25, 0.3) is 11.0 Å². The van der Waals surface area contributed by atoms with Crippen LogP contribution in [0.2, 0.25) is 0 Å². The highest BCUT2D eigenvalue weighted by Gasteiger charge is 2.15. The summed E-state index contributed by atoms with van der Waals surface area (Å²) in [6.45, 7) is 3.65. The zero-order valence-corrected chi connectivity index (χ0v) is 12.5. The van der Waals surface area contributed by atoms with E-state index in [1.807, 2.05) is 37.3 Å². The number of furan rings is 1. The molecule has 1 aromatic heterocycles. The summed E-state index contributed by atoms with van der Waals surface area (Å²) in [5.74, 6) is -0.0806. The second-order valence-electron chi connectivity index (χ2n) is 5.37. The van der Waals surface area contributed by atoms with Gasteiger partial charge in [0.15, 0.2) is 5.76 Å². The van der Waals surface area contributed by atoms with Crippen LogP contribution in [0.15, 0.2) is 52.9 Å². The number of aryl methyl sites for hydroxylation is 1. The molecular weight excluding hydrogens is 278 g/mol. The fourth-order valence-electron chi connectivity index (χ4n) is 2.43. The predicted molar refractivity (Wildman–Crippen MR) is 86.0 cm³/mol. The number of carbonyl (C=O) groups excluding carboxylic acids is 1. The summed E-state index contributed by atoms with van der Waals surface area (Å²) in [5.41, 5.74) is 3.04. The van der Waals surface area contributed by atoms with E-state index in [0.717, 1.165) is 10.9 Å². The Morgan fingerprint density at radius 2 is 1.95 bits per heavy atom. The molecule has 3 aromatic rings. The lowest BCUT2D eigenvalue weighted by Gasteiger charge is -2.11. The number of para-hydroxylation sites is 1. The third-order valence-electron chi connectivity index (χ3n) is 3.55. The molecule has 0 fully saturated rings. The van der Waals surface area contributed by atoms with Crippen molar-refractivity contribution >= 4 is 22.6 Å². The minimum atomic E-state index is -0.658. The first-order valence-corrected chi connectivity index (χ1v) is 7.13. The maximum atomic E-state index is 12.4. The van der Waals surface area contributed by atoms with E-state index in [2.05, 4.69) is 5.32 Å². The number of hydrogen-bond donors (Lipinski definition) is 2. The molecule has 4 heteroatoms. The van der Waals surface area contributed by atoms with Crippen LogP contribution in [0.1, 0.15) is 34.7 Å². The van der Waals surface area contributed by atoms with Crippen molar-refractivity contribution in [2.45, 2.75) is 20.0 Å². The number of fused-ring (bicyclic) bond motifs is 1. The van der Waals surface area contributed by atoms with Crippen molar-refractivity contribution in [1.29, 1.82) is 0 Å². The Labute approximate surface area is 128 Å².